The van der Waals surface area contributed by atoms with Crippen LogP contribution in [0.4, 0.5) is 5.69 Å². The third kappa shape index (κ3) is 4.39. The summed E-state index contributed by atoms with van der Waals surface area (Å²) < 4.78 is 11.4. The summed E-state index contributed by atoms with van der Waals surface area (Å²) in [6.45, 7) is 4.01. The summed E-state index contributed by atoms with van der Waals surface area (Å²) in [5.74, 6) is 0.379. The first-order chi connectivity index (χ1) is 7.11. The van der Waals surface area contributed by atoms with Gasteiger partial charge in [-0.3, -0.25) is 0 Å². The Kier molecular flexibility index (Phi) is 4.70. The van der Waals surface area contributed by atoms with Crippen molar-refractivity contribution in [2.24, 2.45) is 5.92 Å². The Bertz CT molecular complexity index is 346. The van der Waals surface area contributed by atoms with Crippen molar-refractivity contribution in [1.82, 2.24) is 0 Å². The predicted octanol–water partition coefficient (Wildman–Crippen LogP) is 1.35. The fourth-order valence-corrected chi connectivity index (χ4v) is 1.76. The molecule has 0 saturated heterocycles. The van der Waals surface area contributed by atoms with Crippen LogP contribution in [0.3, 0.4) is 0 Å². The van der Waals surface area contributed by atoms with Crippen LogP contribution in [-0.2, 0) is 8.53 Å². The number of benzene rings is 1. The molecule has 0 bridgehead atoms. The summed E-state index contributed by atoms with van der Waals surface area (Å²) in [4.78, 5) is 11.4. The van der Waals surface area contributed by atoms with Crippen molar-refractivity contribution in [1.29, 1.82) is 0 Å². The van der Waals surface area contributed by atoms with Crippen LogP contribution < -0.4 is 9.67 Å². The second-order valence-corrected chi connectivity index (χ2v) is 5.25. The van der Waals surface area contributed by atoms with E-state index in [-0.39, 0.29) is 5.91 Å². The average molecular weight is 267 g/mol. The molecule has 3 nitrogen and oxygen atoms in total. The first-order valence-corrected chi connectivity index (χ1v) is 6.55. The van der Waals surface area contributed by atoms with Crippen molar-refractivity contribution in [3.05, 3.63) is 24.3 Å². The molecule has 0 fully saturated rings. The van der Waals surface area contributed by atoms with E-state index in [4.69, 9.17) is 0 Å². The molecule has 1 amide bonds. The number of carbonyl (C=O) groups is 1. The average Bonchev–Trinajstić information content (AvgIpc) is 2.17. The van der Waals surface area contributed by atoms with Gasteiger partial charge in [-0.05, 0) is 0 Å². The Morgan fingerprint density at radius 1 is 1.33 bits per heavy atom. The molecule has 0 heterocycles. The Labute approximate surface area is 96.2 Å². The minimum atomic E-state index is -0.972. The van der Waals surface area contributed by atoms with Crippen molar-refractivity contribution >= 4 is 31.6 Å². The molecule has 4 heteroatoms. The van der Waals surface area contributed by atoms with Gasteiger partial charge in [-0.25, -0.2) is 0 Å². The van der Waals surface area contributed by atoms with Gasteiger partial charge in [0.2, 0.25) is 0 Å². The van der Waals surface area contributed by atoms with Gasteiger partial charge in [0.1, 0.15) is 0 Å². The van der Waals surface area contributed by atoms with Crippen LogP contribution in [0.5, 0.6) is 0 Å². The molecular weight excluding hydrogens is 253 g/mol. The quantitative estimate of drug-likeness (QED) is 0.837. The van der Waals surface area contributed by atoms with Gasteiger partial charge in [0.05, 0.1) is 0 Å². The number of carbonyl (C=O) groups excluding carboxylic acids is 1. The summed E-state index contributed by atoms with van der Waals surface area (Å²) >= 11 is -0.972. The summed E-state index contributed by atoms with van der Waals surface area (Å²) in [5.41, 5.74) is 0.763. The number of hydrogen-bond donors (Lipinski definition) is 1. The van der Waals surface area contributed by atoms with E-state index in [2.05, 4.69) is 5.32 Å². The number of rotatable bonds is 4. The molecule has 1 N–H and O–H groups in total. The molecular formula is C11H14AsNO2. The second-order valence-electron chi connectivity index (χ2n) is 3.78. The van der Waals surface area contributed by atoms with Crippen LogP contribution in [0.15, 0.2) is 24.3 Å². The van der Waals surface area contributed by atoms with E-state index in [9.17, 15) is 8.53 Å². The van der Waals surface area contributed by atoms with Crippen LogP contribution in [0.2, 0.25) is 0 Å². The van der Waals surface area contributed by atoms with E-state index < -0.39 is 15.7 Å². The summed E-state index contributed by atoms with van der Waals surface area (Å²) in [7, 11) is 0. The van der Waals surface area contributed by atoms with Gasteiger partial charge < -0.3 is 0 Å². The topological polar surface area (TPSA) is 46.2 Å². The molecule has 0 radical (unpaired) electrons. The van der Waals surface area contributed by atoms with E-state index in [1.165, 1.54) is 0 Å². The number of nitrogens with one attached hydrogen (secondary N) is 1. The molecule has 1 aromatic rings. The van der Waals surface area contributed by atoms with Crippen LogP contribution in [0, 0.1) is 5.92 Å². The standard InChI is InChI=1S/C11H14AsNO2/c1-8(2)7-11(14)13-10-5-3-9(12-15)4-6-10/h3-6,8H,7H2,1-2H3,(H,13,14). The molecule has 0 aromatic heterocycles. The van der Waals surface area contributed by atoms with Crippen LogP contribution >= 0.6 is 0 Å². The first kappa shape index (κ1) is 12.1. The summed E-state index contributed by atoms with van der Waals surface area (Å²) in [6.07, 6.45) is 0.523. The van der Waals surface area contributed by atoms with Gasteiger partial charge >= 0.3 is 95.9 Å². The Morgan fingerprint density at radius 3 is 2.40 bits per heavy atom. The molecule has 0 aliphatic rings. The van der Waals surface area contributed by atoms with E-state index in [0.29, 0.717) is 12.3 Å². The predicted molar refractivity (Wildman–Crippen MR) is 60.6 cm³/mol. The van der Waals surface area contributed by atoms with Gasteiger partial charge in [-0.1, -0.05) is 0 Å². The molecule has 1 aromatic carbocycles. The van der Waals surface area contributed by atoms with Crippen molar-refractivity contribution in [3.63, 3.8) is 0 Å². The van der Waals surface area contributed by atoms with Gasteiger partial charge in [-0.15, -0.1) is 0 Å². The third-order valence-corrected chi connectivity index (χ3v) is 2.92. The second kappa shape index (κ2) is 5.81. The van der Waals surface area contributed by atoms with E-state index >= 15 is 0 Å². The normalized spacial score (nSPS) is 10.6. The van der Waals surface area contributed by atoms with E-state index in [1.54, 1.807) is 24.3 Å². The summed E-state index contributed by atoms with van der Waals surface area (Å²) in [6, 6.07) is 7.11. The SMILES string of the molecule is CC(C)CC(=O)Nc1ccc([As]=O)cc1. The minimum absolute atomic E-state index is 0.0214. The maximum atomic E-state index is 11.4. The Balaban J connectivity index is 2.57. The third-order valence-electron chi connectivity index (χ3n) is 1.85. The van der Waals surface area contributed by atoms with Crippen molar-refractivity contribution in [2.45, 2.75) is 20.3 Å². The van der Waals surface area contributed by atoms with E-state index in [1.807, 2.05) is 13.8 Å². The van der Waals surface area contributed by atoms with Gasteiger partial charge in [0.25, 0.3) is 0 Å². The monoisotopic (exact) mass is 267 g/mol. The zero-order valence-corrected chi connectivity index (χ0v) is 10.7. The van der Waals surface area contributed by atoms with Crippen LogP contribution in [0.1, 0.15) is 20.3 Å². The first-order valence-electron chi connectivity index (χ1n) is 4.85. The zero-order chi connectivity index (χ0) is 11.3. The number of amides is 1. The van der Waals surface area contributed by atoms with Crippen molar-refractivity contribution in [3.8, 4) is 0 Å². The van der Waals surface area contributed by atoms with Crippen LogP contribution in [-0.4, -0.2) is 21.6 Å². The molecule has 15 heavy (non-hydrogen) atoms. The fraction of sp³-hybridized carbons (Fsp3) is 0.364. The number of hydrogen-bond acceptors (Lipinski definition) is 2. The molecule has 0 atom stereocenters. The van der Waals surface area contributed by atoms with Gasteiger partial charge in [0.15, 0.2) is 0 Å². The van der Waals surface area contributed by atoms with Crippen molar-refractivity contribution < 1.29 is 8.53 Å². The molecule has 0 aliphatic carbocycles. The molecule has 0 saturated carbocycles. The molecule has 1 rings (SSSR count). The molecule has 0 unspecified atom stereocenters. The maximum absolute atomic E-state index is 11.4. The van der Waals surface area contributed by atoms with E-state index in [0.717, 1.165) is 10.0 Å². The molecule has 0 spiro atoms. The number of anilines is 1. The van der Waals surface area contributed by atoms with Crippen molar-refractivity contribution in [2.75, 3.05) is 5.32 Å². The van der Waals surface area contributed by atoms with Crippen LogP contribution in [0.25, 0.3) is 0 Å². The molecule has 80 valence electrons. The Morgan fingerprint density at radius 2 is 1.93 bits per heavy atom. The molecule has 0 aliphatic heterocycles. The summed E-state index contributed by atoms with van der Waals surface area (Å²) in [5, 5.41) is 2.79. The zero-order valence-electron chi connectivity index (χ0n) is 8.86. The fourth-order valence-electron chi connectivity index (χ4n) is 1.19. The van der Waals surface area contributed by atoms with Gasteiger partial charge in [0, 0.05) is 0 Å². The Hall–Kier alpha value is -0.952. The van der Waals surface area contributed by atoms with Gasteiger partial charge in [-0.2, -0.15) is 0 Å².